The summed E-state index contributed by atoms with van der Waals surface area (Å²) in [6.07, 6.45) is 4.01. The fourth-order valence-corrected chi connectivity index (χ4v) is 3.25. The predicted molar refractivity (Wildman–Crippen MR) is 95.2 cm³/mol. The van der Waals surface area contributed by atoms with Crippen LogP contribution in [0.1, 0.15) is 28.7 Å². The Labute approximate surface area is 155 Å². The second-order valence-electron chi connectivity index (χ2n) is 6.57. The summed E-state index contributed by atoms with van der Waals surface area (Å²) in [5, 5.41) is 7.01. The van der Waals surface area contributed by atoms with E-state index in [0.29, 0.717) is 30.2 Å². The van der Waals surface area contributed by atoms with Crippen molar-refractivity contribution in [2.45, 2.75) is 18.5 Å². The maximum atomic E-state index is 13.0. The van der Waals surface area contributed by atoms with Crippen molar-refractivity contribution in [1.82, 2.24) is 25.3 Å². The van der Waals surface area contributed by atoms with Crippen LogP contribution in [-0.2, 0) is 0 Å². The van der Waals surface area contributed by atoms with Gasteiger partial charge in [0.05, 0.1) is 6.04 Å². The number of likely N-dealkylation sites (tertiary alicyclic amines) is 1. The standard InChI is InChI=1S/C19H18FN5O2/c1-25-11-15(22-18(26)12-4-6-14(20)7-5-12)9-16(25)19-23-17(24-27-19)13-3-2-8-21-10-13/h2-8,10,15-16H,9,11H2,1H3,(H,22,26). The SMILES string of the molecule is CN1CC(NC(=O)c2ccc(F)cc2)CC1c1nc(-c2cccnc2)no1. The topological polar surface area (TPSA) is 84.2 Å². The largest absolute Gasteiger partial charge is 0.348 e. The van der Waals surface area contributed by atoms with E-state index in [9.17, 15) is 9.18 Å². The van der Waals surface area contributed by atoms with Gasteiger partial charge in [0.15, 0.2) is 0 Å². The first-order chi connectivity index (χ1) is 13.1. The van der Waals surface area contributed by atoms with E-state index in [4.69, 9.17) is 4.52 Å². The van der Waals surface area contributed by atoms with Gasteiger partial charge in [-0.05, 0) is 49.9 Å². The molecule has 1 amide bonds. The van der Waals surface area contributed by atoms with Gasteiger partial charge in [-0.1, -0.05) is 5.16 Å². The maximum Gasteiger partial charge on any atom is 0.251 e. The number of amides is 1. The molecule has 0 radical (unpaired) electrons. The Morgan fingerprint density at radius 2 is 2.11 bits per heavy atom. The average Bonchev–Trinajstić information content (AvgIpc) is 3.29. The Kier molecular flexibility index (Phi) is 4.64. The van der Waals surface area contributed by atoms with E-state index in [2.05, 4.69) is 25.3 Å². The minimum atomic E-state index is -0.368. The first-order valence-electron chi connectivity index (χ1n) is 8.61. The molecule has 0 saturated carbocycles. The molecule has 1 fully saturated rings. The van der Waals surface area contributed by atoms with Crippen LogP contribution < -0.4 is 5.32 Å². The number of carbonyl (C=O) groups is 1. The summed E-state index contributed by atoms with van der Waals surface area (Å²) in [5.74, 6) is 0.406. The van der Waals surface area contributed by atoms with E-state index >= 15 is 0 Å². The molecule has 1 saturated heterocycles. The highest BCUT2D eigenvalue weighted by Gasteiger charge is 2.35. The summed E-state index contributed by atoms with van der Waals surface area (Å²) in [6, 6.07) is 9.03. The molecule has 1 N–H and O–H groups in total. The van der Waals surface area contributed by atoms with Crippen LogP contribution in [0.5, 0.6) is 0 Å². The third-order valence-corrected chi connectivity index (χ3v) is 4.64. The first-order valence-corrected chi connectivity index (χ1v) is 8.61. The van der Waals surface area contributed by atoms with Crippen molar-refractivity contribution >= 4 is 5.91 Å². The van der Waals surface area contributed by atoms with Gasteiger partial charge in [0.2, 0.25) is 11.7 Å². The first kappa shape index (κ1) is 17.3. The lowest BCUT2D eigenvalue weighted by Crippen LogP contribution is -2.36. The molecule has 0 spiro atoms. The molecule has 1 aliphatic heterocycles. The summed E-state index contributed by atoms with van der Waals surface area (Å²) in [7, 11) is 1.95. The molecule has 1 aliphatic rings. The Morgan fingerprint density at radius 1 is 1.30 bits per heavy atom. The summed E-state index contributed by atoms with van der Waals surface area (Å²) in [4.78, 5) is 22.9. The molecule has 1 aromatic carbocycles. The molecule has 0 aliphatic carbocycles. The molecular weight excluding hydrogens is 349 g/mol. The molecule has 2 unspecified atom stereocenters. The summed E-state index contributed by atoms with van der Waals surface area (Å²) in [6.45, 7) is 0.655. The van der Waals surface area contributed by atoms with Gasteiger partial charge in [-0.3, -0.25) is 14.7 Å². The quantitative estimate of drug-likeness (QED) is 0.763. The number of hydrogen-bond acceptors (Lipinski definition) is 6. The summed E-state index contributed by atoms with van der Waals surface area (Å²) >= 11 is 0. The zero-order valence-corrected chi connectivity index (χ0v) is 14.7. The number of likely N-dealkylation sites (N-methyl/N-ethyl adjacent to an activating group) is 1. The van der Waals surface area contributed by atoms with E-state index in [1.807, 2.05) is 19.2 Å². The van der Waals surface area contributed by atoms with Gasteiger partial charge in [-0.2, -0.15) is 4.98 Å². The molecule has 8 heteroatoms. The van der Waals surface area contributed by atoms with E-state index in [1.165, 1.54) is 24.3 Å². The number of hydrogen-bond donors (Lipinski definition) is 1. The second-order valence-corrected chi connectivity index (χ2v) is 6.57. The molecule has 138 valence electrons. The monoisotopic (exact) mass is 367 g/mol. The normalized spacial score (nSPS) is 19.9. The molecule has 27 heavy (non-hydrogen) atoms. The molecule has 2 atom stereocenters. The van der Waals surface area contributed by atoms with Crippen LogP contribution in [0.3, 0.4) is 0 Å². The van der Waals surface area contributed by atoms with Crippen molar-refractivity contribution in [2.24, 2.45) is 0 Å². The highest BCUT2D eigenvalue weighted by molar-refractivity contribution is 5.94. The molecule has 0 bridgehead atoms. The van der Waals surface area contributed by atoms with Gasteiger partial charge in [0.25, 0.3) is 5.91 Å². The van der Waals surface area contributed by atoms with E-state index in [0.717, 1.165) is 5.56 Å². The minimum Gasteiger partial charge on any atom is -0.348 e. The predicted octanol–water partition coefficient (Wildman–Crippen LogP) is 2.45. The van der Waals surface area contributed by atoms with Crippen LogP contribution in [0.4, 0.5) is 4.39 Å². The third kappa shape index (κ3) is 3.70. The number of pyridine rings is 1. The van der Waals surface area contributed by atoms with Gasteiger partial charge in [0, 0.05) is 36.1 Å². The Bertz CT molecular complexity index is 929. The van der Waals surface area contributed by atoms with Gasteiger partial charge in [-0.15, -0.1) is 0 Å². The lowest BCUT2D eigenvalue weighted by Gasteiger charge is -2.14. The van der Waals surface area contributed by atoms with Crippen LogP contribution in [0.15, 0.2) is 53.3 Å². The maximum absolute atomic E-state index is 13.0. The molecule has 3 heterocycles. The lowest BCUT2D eigenvalue weighted by molar-refractivity contribution is 0.0938. The van der Waals surface area contributed by atoms with Crippen molar-refractivity contribution in [3.8, 4) is 11.4 Å². The number of carbonyl (C=O) groups excluding carboxylic acids is 1. The fourth-order valence-electron chi connectivity index (χ4n) is 3.25. The van der Waals surface area contributed by atoms with Crippen molar-refractivity contribution in [3.63, 3.8) is 0 Å². The van der Waals surface area contributed by atoms with Crippen LogP contribution in [-0.4, -0.2) is 45.6 Å². The van der Waals surface area contributed by atoms with Crippen LogP contribution in [0.2, 0.25) is 0 Å². The second kappa shape index (κ2) is 7.24. The average molecular weight is 367 g/mol. The summed E-state index contributed by atoms with van der Waals surface area (Å²) in [5.41, 5.74) is 1.22. The van der Waals surface area contributed by atoms with Crippen molar-refractivity contribution in [1.29, 1.82) is 0 Å². The number of aromatic nitrogens is 3. The van der Waals surface area contributed by atoms with Crippen molar-refractivity contribution < 1.29 is 13.7 Å². The molecule has 2 aromatic heterocycles. The number of rotatable bonds is 4. The van der Waals surface area contributed by atoms with Crippen LogP contribution in [0.25, 0.3) is 11.4 Å². The number of halogens is 1. The summed E-state index contributed by atoms with van der Waals surface area (Å²) < 4.78 is 18.4. The van der Waals surface area contributed by atoms with Gasteiger partial charge in [0.1, 0.15) is 5.82 Å². The Hall–Kier alpha value is -3.13. The van der Waals surface area contributed by atoms with E-state index in [-0.39, 0.29) is 23.8 Å². The highest BCUT2D eigenvalue weighted by Crippen LogP contribution is 2.30. The van der Waals surface area contributed by atoms with Gasteiger partial charge < -0.3 is 9.84 Å². The molecule has 4 rings (SSSR count). The third-order valence-electron chi connectivity index (χ3n) is 4.64. The minimum absolute atomic E-state index is 0.0636. The number of nitrogens with one attached hydrogen (secondary N) is 1. The van der Waals surface area contributed by atoms with Gasteiger partial charge >= 0.3 is 0 Å². The van der Waals surface area contributed by atoms with Crippen LogP contribution >= 0.6 is 0 Å². The molecular formula is C19H18FN5O2. The molecule has 3 aromatic rings. The number of nitrogens with zero attached hydrogens (tertiary/aromatic N) is 4. The number of benzene rings is 1. The smallest absolute Gasteiger partial charge is 0.251 e. The van der Waals surface area contributed by atoms with E-state index in [1.54, 1.807) is 12.4 Å². The zero-order chi connectivity index (χ0) is 18.8. The van der Waals surface area contributed by atoms with Crippen molar-refractivity contribution in [3.05, 3.63) is 66.1 Å². The fraction of sp³-hybridized carbons (Fsp3) is 0.263. The van der Waals surface area contributed by atoms with Crippen LogP contribution in [0, 0.1) is 5.82 Å². The highest BCUT2D eigenvalue weighted by atomic mass is 19.1. The zero-order valence-electron chi connectivity index (χ0n) is 14.7. The van der Waals surface area contributed by atoms with E-state index < -0.39 is 0 Å². The van der Waals surface area contributed by atoms with Crippen molar-refractivity contribution in [2.75, 3.05) is 13.6 Å². The van der Waals surface area contributed by atoms with Gasteiger partial charge in [-0.25, -0.2) is 4.39 Å². The lowest BCUT2D eigenvalue weighted by atomic mass is 10.1. The Morgan fingerprint density at radius 3 is 2.85 bits per heavy atom. The molecule has 7 nitrogen and oxygen atoms in total. The Balaban J connectivity index is 1.43.